The van der Waals surface area contributed by atoms with Crippen molar-refractivity contribution in [3.63, 3.8) is 0 Å². The quantitative estimate of drug-likeness (QED) is 0.926. The highest BCUT2D eigenvalue weighted by Crippen LogP contribution is 2.22. The normalized spacial score (nSPS) is 10.5. The van der Waals surface area contributed by atoms with Gasteiger partial charge in [-0.05, 0) is 23.9 Å². The summed E-state index contributed by atoms with van der Waals surface area (Å²) in [7, 11) is 1.99. The van der Waals surface area contributed by atoms with E-state index in [0.717, 1.165) is 18.8 Å². The molecule has 0 spiro atoms. The fraction of sp³-hybridized carbons (Fsp3) is 0.250. The number of rotatable bonds is 4. The van der Waals surface area contributed by atoms with Crippen LogP contribution in [0.1, 0.15) is 4.88 Å². The van der Waals surface area contributed by atoms with Gasteiger partial charge in [0.1, 0.15) is 0 Å². The van der Waals surface area contributed by atoms with E-state index in [1.807, 2.05) is 11.9 Å². The molecule has 0 aliphatic rings. The maximum absolute atomic E-state index is 5.89. The number of thiophene rings is 1. The van der Waals surface area contributed by atoms with E-state index in [1.54, 1.807) is 23.6 Å². The summed E-state index contributed by atoms with van der Waals surface area (Å²) in [5, 5.41) is 2.66. The van der Waals surface area contributed by atoms with Crippen molar-refractivity contribution in [2.24, 2.45) is 0 Å². The smallest absolute Gasteiger partial charge is 0.151 e. The maximum Gasteiger partial charge on any atom is 0.151 e. The highest BCUT2D eigenvalue weighted by Gasteiger charge is 2.07. The molecule has 0 aromatic carbocycles. The van der Waals surface area contributed by atoms with Crippen molar-refractivity contribution in [1.29, 1.82) is 0 Å². The molecule has 2 aromatic rings. The SMILES string of the molecule is CN(CCc1cccs1)c1ncc(Cl)cc1N. The lowest BCUT2D eigenvalue weighted by atomic mass is 10.3. The first-order chi connectivity index (χ1) is 8.16. The molecule has 2 N–H and O–H groups in total. The third-order valence-electron chi connectivity index (χ3n) is 2.50. The molecule has 5 heteroatoms. The van der Waals surface area contributed by atoms with E-state index in [9.17, 15) is 0 Å². The van der Waals surface area contributed by atoms with Crippen LogP contribution in [0.5, 0.6) is 0 Å². The van der Waals surface area contributed by atoms with Gasteiger partial charge < -0.3 is 10.6 Å². The van der Waals surface area contributed by atoms with Gasteiger partial charge in [-0.25, -0.2) is 4.98 Å². The molecule has 0 saturated carbocycles. The van der Waals surface area contributed by atoms with E-state index in [0.29, 0.717) is 10.7 Å². The van der Waals surface area contributed by atoms with E-state index in [1.165, 1.54) is 4.88 Å². The van der Waals surface area contributed by atoms with Crippen LogP contribution in [0.15, 0.2) is 29.8 Å². The number of halogens is 1. The van der Waals surface area contributed by atoms with E-state index >= 15 is 0 Å². The average molecular weight is 268 g/mol. The molecular formula is C12H14ClN3S. The van der Waals surface area contributed by atoms with Crippen LogP contribution in [0.25, 0.3) is 0 Å². The number of likely N-dealkylation sites (N-methyl/N-ethyl adjacent to an activating group) is 1. The molecule has 0 unspecified atom stereocenters. The molecule has 0 aliphatic heterocycles. The Kier molecular flexibility index (Phi) is 3.86. The molecule has 0 fully saturated rings. The first kappa shape index (κ1) is 12.2. The van der Waals surface area contributed by atoms with Crippen molar-refractivity contribution in [2.75, 3.05) is 24.2 Å². The summed E-state index contributed by atoms with van der Waals surface area (Å²) in [5.41, 5.74) is 6.50. The second-order valence-electron chi connectivity index (χ2n) is 3.82. The zero-order chi connectivity index (χ0) is 12.3. The van der Waals surface area contributed by atoms with Gasteiger partial charge in [0.2, 0.25) is 0 Å². The number of pyridine rings is 1. The Balaban J connectivity index is 2.01. The number of nitrogen functional groups attached to an aromatic ring is 1. The first-order valence-corrected chi connectivity index (χ1v) is 6.57. The van der Waals surface area contributed by atoms with Crippen LogP contribution in [-0.4, -0.2) is 18.6 Å². The number of nitrogens with zero attached hydrogens (tertiary/aromatic N) is 2. The molecule has 3 nitrogen and oxygen atoms in total. The van der Waals surface area contributed by atoms with Crippen molar-refractivity contribution in [3.8, 4) is 0 Å². The van der Waals surface area contributed by atoms with E-state index < -0.39 is 0 Å². The molecule has 2 heterocycles. The van der Waals surface area contributed by atoms with Gasteiger partial charge >= 0.3 is 0 Å². The minimum atomic E-state index is 0.568. The Bertz CT molecular complexity index is 485. The molecule has 0 atom stereocenters. The van der Waals surface area contributed by atoms with E-state index in [4.69, 9.17) is 17.3 Å². The predicted molar refractivity (Wildman–Crippen MR) is 75.0 cm³/mol. The second kappa shape index (κ2) is 5.38. The highest BCUT2D eigenvalue weighted by atomic mass is 35.5. The lowest BCUT2D eigenvalue weighted by Gasteiger charge is -2.19. The molecule has 0 aliphatic carbocycles. The molecular weight excluding hydrogens is 254 g/mol. The third-order valence-corrected chi connectivity index (χ3v) is 3.64. The minimum absolute atomic E-state index is 0.568. The highest BCUT2D eigenvalue weighted by molar-refractivity contribution is 7.09. The van der Waals surface area contributed by atoms with Gasteiger partial charge in [-0.15, -0.1) is 11.3 Å². The molecule has 17 heavy (non-hydrogen) atoms. The van der Waals surface area contributed by atoms with Gasteiger partial charge in [0.25, 0.3) is 0 Å². The van der Waals surface area contributed by atoms with Crippen LogP contribution in [0.3, 0.4) is 0 Å². The van der Waals surface area contributed by atoms with Gasteiger partial charge in [-0.3, -0.25) is 0 Å². The van der Waals surface area contributed by atoms with Crippen molar-refractivity contribution in [2.45, 2.75) is 6.42 Å². The van der Waals surface area contributed by atoms with Crippen LogP contribution in [-0.2, 0) is 6.42 Å². The van der Waals surface area contributed by atoms with Gasteiger partial charge in [0, 0.05) is 24.7 Å². The third kappa shape index (κ3) is 3.11. The molecule has 0 radical (unpaired) electrons. The van der Waals surface area contributed by atoms with Gasteiger partial charge in [-0.2, -0.15) is 0 Å². The number of hydrogen-bond donors (Lipinski definition) is 1. The van der Waals surface area contributed by atoms with Gasteiger partial charge in [0.05, 0.1) is 10.7 Å². The Morgan fingerprint density at radius 3 is 3.00 bits per heavy atom. The molecule has 2 aromatic heterocycles. The Morgan fingerprint density at radius 1 is 1.53 bits per heavy atom. The predicted octanol–water partition coefficient (Wildman–Crippen LogP) is 3.06. The van der Waals surface area contributed by atoms with Gasteiger partial charge in [0.15, 0.2) is 5.82 Å². The number of anilines is 2. The number of aromatic nitrogens is 1. The zero-order valence-electron chi connectivity index (χ0n) is 9.56. The lowest BCUT2D eigenvalue weighted by molar-refractivity contribution is 0.871. The van der Waals surface area contributed by atoms with Crippen LogP contribution in [0, 0.1) is 0 Å². The van der Waals surface area contributed by atoms with E-state index in [2.05, 4.69) is 22.5 Å². The topological polar surface area (TPSA) is 42.2 Å². The van der Waals surface area contributed by atoms with Crippen molar-refractivity contribution in [3.05, 3.63) is 39.7 Å². The molecule has 2 rings (SSSR count). The fourth-order valence-electron chi connectivity index (χ4n) is 1.61. The van der Waals surface area contributed by atoms with Crippen molar-refractivity contribution in [1.82, 2.24) is 4.98 Å². The lowest BCUT2D eigenvalue weighted by Crippen LogP contribution is -2.22. The molecule has 0 amide bonds. The van der Waals surface area contributed by atoms with Crippen LogP contribution < -0.4 is 10.6 Å². The Hall–Kier alpha value is -1.26. The first-order valence-electron chi connectivity index (χ1n) is 5.31. The second-order valence-corrected chi connectivity index (χ2v) is 5.29. The van der Waals surface area contributed by atoms with Crippen LogP contribution >= 0.6 is 22.9 Å². The number of nitrogens with two attached hydrogens (primary N) is 1. The summed E-state index contributed by atoms with van der Waals surface area (Å²) in [4.78, 5) is 7.66. The van der Waals surface area contributed by atoms with Gasteiger partial charge in [-0.1, -0.05) is 17.7 Å². The Labute approximate surface area is 110 Å². The standard InChI is InChI=1S/C12H14ClN3S/c1-16(5-4-10-3-2-6-17-10)12-11(14)7-9(13)8-15-12/h2-3,6-8H,4-5,14H2,1H3. The van der Waals surface area contributed by atoms with Crippen molar-refractivity contribution >= 4 is 34.4 Å². The summed E-state index contributed by atoms with van der Waals surface area (Å²) in [6.07, 6.45) is 2.62. The minimum Gasteiger partial charge on any atom is -0.396 e. The maximum atomic E-state index is 5.89. The fourth-order valence-corrected chi connectivity index (χ4v) is 2.47. The monoisotopic (exact) mass is 267 g/mol. The summed E-state index contributed by atoms with van der Waals surface area (Å²) in [6, 6.07) is 5.93. The van der Waals surface area contributed by atoms with E-state index in [-0.39, 0.29) is 0 Å². The zero-order valence-corrected chi connectivity index (χ0v) is 11.1. The molecule has 0 bridgehead atoms. The number of hydrogen-bond acceptors (Lipinski definition) is 4. The van der Waals surface area contributed by atoms with Crippen LogP contribution in [0.2, 0.25) is 5.02 Å². The largest absolute Gasteiger partial charge is 0.396 e. The van der Waals surface area contributed by atoms with Crippen molar-refractivity contribution < 1.29 is 0 Å². The summed E-state index contributed by atoms with van der Waals surface area (Å²) in [6.45, 7) is 0.888. The Morgan fingerprint density at radius 2 is 2.35 bits per heavy atom. The van der Waals surface area contributed by atoms with Crippen LogP contribution in [0.4, 0.5) is 11.5 Å². The summed E-state index contributed by atoms with van der Waals surface area (Å²) in [5.74, 6) is 0.783. The summed E-state index contributed by atoms with van der Waals surface area (Å²) < 4.78 is 0. The molecule has 0 saturated heterocycles. The average Bonchev–Trinajstić information content (AvgIpc) is 2.78. The summed E-state index contributed by atoms with van der Waals surface area (Å²) >= 11 is 7.59. The molecule has 90 valence electrons.